The van der Waals surface area contributed by atoms with Gasteiger partial charge in [-0.25, -0.2) is 0 Å². The highest BCUT2D eigenvalue weighted by atomic mass is 32.1. The fourth-order valence-electron chi connectivity index (χ4n) is 1.30. The lowest BCUT2D eigenvalue weighted by Crippen LogP contribution is -2.21. The maximum Gasteiger partial charge on any atom is 0.187 e. The SMILES string of the molecule is Cc1c(C(=O)CN(C)C)sc(N)c1C#N. The zero-order valence-electron chi connectivity index (χ0n) is 9.00. The molecule has 1 heterocycles. The average molecular weight is 223 g/mol. The highest BCUT2D eigenvalue weighted by molar-refractivity contribution is 7.18. The predicted molar refractivity (Wildman–Crippen MR) is 61.1 cm³/mol. The fraction of sp³-hybridized carbons (Fsp3) is 0.400. The highest BCUT2D eigenvalue weighted by Crippen LogP contribution is 2.29. The number of likely N-dealkylation sites (N-methyl/N-ethyl adjacent to an activating group) is 1. The van der Waals surface area contributed by atoms with Crippen LogP contribution in [0.25, 0.3) is 0 Å². The maximum atomic E-state index is 11.8. The third kappa shape index (κ3) is 2.35. The van der Waals surface area contributed by atoms with Gasteiger partial charge in [0.1, 0.15) is 11.1 Å². The van der Waals surface area contributed by atoms with Crippen molar-refractivity contribution in [3.8, 4) is 6.07 Å². The van der Waals surface area contributed by atoms with Crippen molar-refractivity contribution in [2.24, 2.45) is 0 Å². The summed E-state index contributed by atoms with van der Waals surface area (Å²) >= 11 is 1.19. The van der Waals surface area contributed by atoms with E-state index >= 15 is 0 Å². The normalized spacial score (nSPS) is 10.3. The second-order valence-corrected chi connectivity index (χ2v) is 4.62. The molecule has 5 heteroatoms. The number of Topliss-reactive ketones (excluding diaryl/α,β-unsaturated/α-hetero) is 1. The second kappa shape index (κ2) is 4.43. The van der Waals surface area contributed by atoms with E-state index in [0.29, 0.717) is 27.5 Å². The molecule has 0 amide bonds. The maximum absolute atomic E-state index is 11.8. The molecule has 0 aromatic carbocycles. The number of nitrogens with zero attached hydrogens (tertiary/aromatic N) is 2. The van der Waals surface area contributed by atoms with E-state index in [4.69, 9.17) is 11.0 Å². The van der Waals surface area contributed by atoms with Crippen LogP contribution in [0.4, 0.5) is 5.00 Å². The second-order valence-electron chi connectivity index (χ2n) is 3.57. The molecule has 15 heavy (non-hydrogen) atoms. The van der Waals surface area contributed by atoms with Gasteiger partial charge in [0.25, 0.3) is 0 Å². The summed E-state index contributed by atoms with van der Waals surface area (Å²) in [6.07, 6.45) is 0. The number of ketones is 1. The number of anilines is 1. The molecular formula is C10H13N3OS. The zero-order valence-corrected chi connectivity index (χ0v) is 9.81. The monoisotopic (exact) mass is 223 g/mol. The van der Waals surface area contributed by atoms with Crippen LogP contribution < -0.4 is 5.73 Å². The van der Waals surface area contributed by atoms with Crippen LogP contribution in [0.15, 0.2) is 0 Å². The fourth-order valence-corrected chi connectivity index (χ4v) is 2.25. The Morgan fingerprint density at radius 3 is 2.60 bits per heavy atom. The van der Waals surface area contributed by atoms with Gasteiger partial charge in [0.05, 0.1) is 17.0 Å². The Bertz CT molecular complexity index is 429. The Balaban J connectivity index is 3.07. The number of hydrogen-bond donors (Lipinski definition) is 1. The molecule has 1 rings (SSSR count). The van der Waals surface area contributed by atoms with Crippen LogP contribution in [0.2, 0.25) is 0 Å². The van der Waals surface area contributed by atoms with Gasteiger partial charge in [0.2, 0.25) is 0 Å². The molecule has 1 aromatic rings. The first-order valence-electron chi connectivity index (χ1n) is 4.44. The van der Waals surface area contributed by atoms with E-state index in [1.807, 2.05) is 20.2 Å². The molecule has 0 aliphatic rings. The molecule has 0 aliphatic carbocycles. The van der Waals surface area contributed by atoms with Crippen molar-refractivity contribution in [1.29, 1.82) is 5.26 Å². The van der Waals surface area contributed by atoms with Crippen LogP contribution in [-0.2, 0) is 0 Å². The number of nitriles is 1. The molecule has 0 bridgehead atoms. The number of carbonyl (C=O) groups is 1. The lowest BCUT2D eigenvalue weighted by molar-refractivity contribution is 0.0961. The average Bonchev–Trinajstić information content (AvgIpc) is 2.40. The lowest BCUT2D eigenvalue weighted by Gasteiger charge is -2.07. The van der Waals surface area contributed by atoms with E-state index in [1.165, 1.54) is 11.3 Å². The molecule has 0 saturated heterocycles. The van der Waals surface area contributed by atoms with E-state index in [0.717, 1.165) is 0 Å². The van der Waals surface area contributed by atoms with Crippen molar-refractivity contribution < 1.29 is 4.79 Å². The Hall–Kier alpha value is -1.38. The van der Waals surface area contributed by atoms with Gasteiger partial charge in [-0.05, 0) is 26.6 Å². The molecule has 4 nitrogen and oxygen atoms in total. The standard InChI is InChI=1S/C10H13N3OS/c1-6-7(4-11)10(12)15-9(6)8(14)5-13(2)3/h5,12H2,1-3H3. The van der Waals surface area contributed by atoms with Gasteiger partial charge in [-0.3, -0.25) is 4.79 Å². The summed E-state index contributed by atoms with van der Waals surface area (Å²) in [7, 11) is 3.66. The Labute approximate surface area is 92.9 Å². The topological polar surface area (TPSA) is 70.1 Å². The smallest absolute Gasteiger partial charge is 0.187 e. The number of nitrogen functional groups attached to an aromatic ring is 1. The van der Waals surface area contributed by atoms with Crippen molar-refractivity contribution in [2.75, 3.05) is 26.4 Å². The molecule has 1 aromatic heterocycles. The van der Waals surface area contributed by atoms with Crippen molar-refractivity contribution in [3.05, 3.63) is 16.0 Å². The minimum absolute atomic E-state index is 0.00991. The summed E-state index contributed by atoms with van der Waals surface area (Å²) in [5.74, 6) is 0.00991. The van der Waals surface area contributed by atoms with E-state index < -0.39 is 0 Å². The molecular weight excluding hydrogens is 210 g/mol. The molecule has 0 atom stereocenters. The Morgan fingerprint density at radius 1 is 1.60 bits per heavy atom. The first-order valence-corrected chi connectivity index (χ1v) is 5.26. The third-order valence-corrected chi connectivity index (χ3v) is 3.16. The summed E-state index contributed by atoms with van der Waals surface area (Å²) in [6, 6.07) is 2.01. The summed E-state index contributed by atoms with van der Waals surface area (Å²) < 4.78 is 0. The quantitative estimate of drug-likeness (QED) is 0.783. The van der Waals surface area contributed by atoms with Crippen molar-refractivity contribution in [2.45, 2.75) is 6.92 Å². The van der Waals surface area contributed by atoms with Crippen LogP contribution in [0.5, 0.6) is 0 Å². The Morgan fingerprint density at radius 2 is 2.20 bits per heavy atom. The van der Waals surface area contributed by atoms with E-state index in [1.54, 1.807) is 11.8 Å². The van der Waals surface area contributed by atoms with Crippen molar-refractivity contribution in [1.82, 2.24) is 4.90 Å². The van der Waals surface area contributed by atoms with Gasteiger partial charge in [-0.1, -0.05) is 0 Å². The van der Waals surface area contributed by atoms with Crippen LogP contribution in [-0.4, -0.2) is 31.3 Å². The van der Waals surface area contributed by atoms with E-state index in [2.05, 4.69) is 0 Å². The lowest BCUT2D eigenvalue weighted by atomic mass is 10.1. The van der Waals surface area contributed by atoms with Gasteiger partial charge in [-0.15, -0.1) is 11.3 Å². The summed E-state index contributed by atoms with van der Waals surface area (Å²) in [6.45, 7) is 2.10. The molecule has 0 unspecified atom stereocenters. The number of rotatable bonds is 3. The Kier molecular flexibility index (Phi) is 3.45. The molecule has 0 fully saturated rings. The van der Waals surface area contributed by atoms with Crippen molar-refractivity contribution in [3.63, 3.8) is 0 Å². The van der Waals surface area contributed by atoms with Gasteiger partial charge in [0.15, 0.2) is 5.78 Å². The van der Waals surface area contributed by atoms with Gasteiger partial charge < -0.3 is 10.6 Å². The van der Waals surface area contributed by atoms with E-state index in [9.17, 15) is 4.79 Å². The summed E-state index contributed by atoms with van der Waals surface area (Å²) in [4.78, 5) is 14.2. The molecule has 0 spiro atoms. The van der Waals surface area contributed by atoms with Crippen molar-refractivity contribution >= 4 is 22.1 Å². The van der Waals surface area contributed by atoms with Crippen LogP contribution in [0.3, 0.4) is 0 Å². The molecule has 80 valence electrons. The third-order valence-electron chi connectivity index (χ3n) is 2.00. The first-order chi connectivity index (χ1) is 6.97. The largest absolute Gasteiger partial charge is 0.389 e. The zero-order chi connectivity index (χ0) is 11.6. The van der Waals surface area contributed by atoms with Crippen LogP contribution >= 0.6 is 11.3 Å². The number of carbonyl (C=O) groups excluding carboxylic acids is 1. The predicted octanol–water partition coefficient (Wildman–Crippen LogP) is 1.25. The van der Waals surface area contributed by atoms with Gasteiger partial charge >= 0.3 is 0 Å². The number of hydrogen-bond acceptors (Lipinski definition) is 5. The summed E-state index contributed by atoms with van der Waals surface area (Å²) in [5.41, 5.74) is 6.78. The first kappa shape index (κ1) is 11.7. The van der Waals surface area contributed by atoms with Crippen LogP contribution in [0.1, 0.15) is 20.8 Å². The molecule has 2 N–H and O–H groups in total. The number of nitrogens with two attached hydrogens (primary N) is 1. The molecule has 0 saturated carbocycles. The molecule has 0 radical (unpaired) electrons. The minimum Gasteiger partial charge on any atom is -0.389 e. The minimum atomic E-state index is 0.00991. The number of thiophene rings is 1. The van der Waals surface area contributed by atoms with Gasteiger partial charge in [0, 0.05) is 0 Å². The molecule has 0 aliphatic heterocycles. The summed E-state index contributed by atoms with van der Waals surface area (Å²) in [5, 5.41) is 9.26. The highest BCUT2D eigenvalue weighted by Gasteiger charge is 2.18. The van der Waals surface area contributed by atoms with E-state index in [-0.39, 0.29) is 5.78 Å². The van der Waals surface area contributed by atoms with Crippen LogP contribution in [0, 0.1) is 18.3 Å². The van der Waals surface area contributed by atoms with Gasteiger partial charge in [-0.2, -0.15) is 5.26 Å².